The maximum atomic E-state index is 3.66. The molecule has 2 heteroatoms. The maximum Gasteiger partial charge on any atom is -0.0230 e. The highest BCUT2D eigenvalue weighted by atomic mass is 79.9. The van der Waals surface area contributed by atoms with Crippen LogP contribution in [0.5, 0.6) is 0 Å². The minimum atomic E-state index is 0.176. The highest BCUT2D eigenvalue weighted by molar-refractivity contribution is 9.39. The van der Waals surface area contributed by atoms with Crippen LogP contribution < -0.4 is 0 Å². The third-order valence-corrected chi connectivity index (χ3v) is 5.07. The SMILES string of the molecule is CCCCCCCCCCCCCP(C)Br. The first-order valence-electron chi connectivity index (χ1n) is 7.14. The number of rotatable bonds is 12. The second-order valence-corrected chi connectivity index (χ2v) is 10.2. The largest absolute Gasteiger partial charge is 0.0654 e. The monoisotopic (exact) mass is 308 g/mol. The Morgan fingerprint density at radius 1 is 0.688 bits per heavy atom. The lowest BCUT2D eigenvalue weighted by Gasteiger charge is -2.04. The first kappa shape index (κ1) is 16.9. The molecule has 0 aliphatic carbocycles. The molecule has 16 heavy (non-hydrogen) atoms. The van der Waals surface area contributed by atoms with Gasteiger partial charge in [-0.15, -0.1) is 0 Å². The molecule has 0 nitrogen and oxygen atoms in total. The molecule has 1 atom stereocenters. The van der Waals surface area contributed by atoms with Crippen molar-refractivity contribution in [3.63, 3.8) is 0 Å². The van der Waals surface area contributed by atoms with Crippen LogP contribution >= 0.6 is 22.1 Å². The van der Waals surface area contributed by atoms with Crippen LogP contribution in [0, 0.1) is 0 Å². The summed E-state index contributed by atoms with van der Waals surface area (Å²) in [7, 11) is 0. The van der Waals surface area contributed by atoms with Gasteiger partial charge in [0.25, 0.3) is 0 Å². The molecule has 0 aromatic heterocycles. The summed E-state index contributed by atoms with van der Waals surface area (Å²) >= 11 is 3.66. The van der Waals surface area contributed by atoms with E-state index in [4.69, 9.17) is 0 Å². The molecular weight excluding hydrogens is 279 g/mol. The van der Waals surface area contributed by atoms with Crippen LogP contribution in [0.2, 0.25) is 0 Å². The summed E-state index contributed by atoms with van der Waals surface area (Å²) in [6, 6.07) is 0. The average molecular weight is 309 g/mol. The Morgan fingerprint density at radius 2 is 1.06 bits per heavy atom. The lowest BCUT2D eigenvalue weighted by atomic mass is 10.1. The summed E-state index contributed by atoms with van der Waals surface area (Å²) in [5, 5.41) is 0. The van der Waals surface area contributed by atoms with Crippen LogP contribution in [0.1, 0.15) is 77.6 Å². The predicted molar refractivity (Wildman–Crippen MR) is 83.1 cm³/mol. The van der Waals surface area contributed by atoms with Gasteiger partial charge in [-0.2, -0.15) is 0 Å². The maximum absolute atomic E-state index is 3.66. The second kappa shape index (κ2) is 14.0. The molecule has 0 saturated heterocycles. The van der Waals surface area contributed by atoms with Gasteiger partial charge in [0, 0.05) is 0 Å². The third kappa shape index (κ3) is 14.9. The summed E-state index contributed by atoms with van der Waals surface area (Å²) in [6.45, 7) is 4.77. The summed E-state index contributed by atoms with van der Waals surface area (Å²) in [5.74, 6) is 0. The van der Waals surface area contributed by atoms with Crippen molar-refractivity contribution in [1.82, 2.24) is 0 Å². The molecule has 0 spiro atoms. The van der Waals surface area contributed by atoms with Crippen molar-refractivity contribution in [2.75, 3.05) is 12.8 Å². The zero-order valence-electron chi connectivity index (χ0n) is 11.3. The van der Waals surface area contributed by atoms with Gasteiger partial charge in [0.2, 0.25) is 0 Å². The average Bonchev–Trinajstić information content (AvgIpc) is 2.25. The van der Waals surface area contributed by atoms with E-state index in [0.29, 0.717) is 0 Å². The fraction of sp³-hybridized carbons (Fsp3) is 1.00. The van der Waals surface area contributed by atoms with E-state index >= 15 is 0 Å². The number of halogens is 1. The standard InChI is InChI=1S/C14H30BrP/c1-3-4-5-6-7-8-9-10-11-12-13-14-16(2)15/h3-14H2,1-2H3. The highest BCUT2D eigenvalue weighted by Gasteiger charge is 1.95. The van der Waals surface area contributed by atoms with Crippen molar-refractivity contribution < 1.29 is 0 Å². The summed E-state index contributed by atoms with van der Waals surface area (Å²) in [6.07, 6.45) is 17.4. The van der Waals surface area contributed by atoms with Gasteiger partial charge >= 0.3 is 0 Å². The molecule has 98 valence electrons. The molecule has 0 aromatic carbocycles. The topological polar surface area (TPSA) is 0 Å². The van der Waals surface area contributed by atoms with E-state index in [2.05, 4.69) is 29.1 Å². The Kier molecular flexibility index (Phi) is 14.8. The van der Waals surface area contributed by atoms with E-state index in [1.54, 1.807) is 0 Å². The van der Waals surface area contributed by atoms with Crippen LogP contribution in [0.25, 0.3) is 0 Å². The van der Waals surface area contributed by atoms with Gasteiger partial charge in [-0.05, 0) is 25.9 Å². The van der Waals surface area contributed by atoms with Gasteiger partial charge in [0.15, 0.2) is 0 Å². The number of hydrogen-bond acceptors (Lipinski definition) is 0. The highest BCUT2D eigenvalue weighted by Crippen LogP contribution is 2.40. The lowest BCUT2D eigenvalue weighted by Crippen LogP contribution is -1.83. The first-order valence-corrected chi connectivity index (χ1v) is 11.1. The third-order valence-electron chi connectivity index (χ3n) is 3.07. The first-order chi connectivity index (χ1) is 7.77. The smallest absolute Gasteiger partial charge is 0.0230 e. The molecule has 1 unspecified atom stereocenters. The lowest BCUT2D eigenvalue weighted by molar-refractivity contribution is 0.555. The fourth-order valence-corrected chi connectivity index (χ4v) is 3.41. The zero-order chi connectivity index (χ0) is 12.1. The molecule has 0 aromatic rings. The van der Waals surface area contributed by atoms with E-state index in [1.807, 2.05) is 0 Å². The van der Waals surface area contributed by atoms with Gasteiger partial charge in [-0.3, -0.25) is 0 Å². The molecule has 0 heterocycles. The van der Waals surface area contributed by atoms with Gasteiger partial charge < -0.3 is 0 Å². The second-order valence-electron chi connectivity index (χ2n) is 4.86. The molecule has 0 fully saturated rings. The minimum Gasteiger partial charge on any atom is -0.0654 e. The van der Waals surface area contributed by atoms with Crippen molar-refractivity contribution in [1.29, 1.82) is 0 Å². The minimum absolute atomic E-state index is 0.176. The van der Waals surface area contributed by atoms with Crippen LogP contribution in [0.4, 0.5) is 0 Å². The molecule has 0 N–H and O–H groups in total. The molecular formula is C14H30BrP. The molecule has 0 bridgehead atoms. The zero-order valence-corrected chi connectivity index (χ0v) is 13.8. The van der Waals surface area contributed by atoms with Gasteiger partial charge in [0.05, 0.1) is 0 Å². The quantitative estimate of drug-likeness (QED) is 0.277. The van der Waals surface area contributed by atoms with Gasteiger partial charge in [-0.1, -0.05) is 86.6 Å². The Hall–Kier alpha value is 0.910. The molecule has 0 rings (SSSR count). The van der Waals surface area contributed by atoms with Crippen molar-refractivity contribution >= 4 is 22.1 Å². The molecule has 0 aliphatic heterocycles. The van der Waals surface area contributed by atoms with E-state index in [-0.39, 0.29) is 6.62 Å². The molecule has 0 radical (unpaired) electrons. The van der Waals surface area contributed by atoms with Crippen molar-refractivity contribution in [3.05, 3.63) is 0 Å². The van der Waals surface area contributed by atoms with Gasteiger partial charge in [0.1, 0.15) is 0 Å². The van der Waals surface area contributed by atoms with Gasteiger partial charge in [-0.25, -0.2) is 0 Å². The van der Waals surface area contributed by atoms with Crippen LogP contribution in [0.3, 0.4) is 0 Å². The van der Waals surface area contributed by atoms with Crippen LogP contribution in [0.15, 0.2) is 0 Å². The van der Waals surface area contributed by atoms with Crippen molar-refractivity contribution in [3.8, 4) is 0 Å². The summed E-state index contributed by atoms with van der Waals surface area (Å²) in [4.78, 5) is 0. The Morgan fingerprint density at radius 3 is 1.44 bits per heavy atom. The molecule has 0 aliphatic rings. The van der Waals surface area contributed by atoms with E-state index in [0.717, 1.165) is 0 Å². The van der Waals surface area contributed by atoms with E-state index in [9.17, 15) is 0 Å². The van der Waals surface area contributed by atoms with E-state index < -0.39 is 0 Å². The van der Waals surface area contributed by atoms with Crippen molar-refractivity contribution in [2.24, 2.45) is 0 Å². The molecule has 0 amide bonds. The van der Waals surface area contributed by atoms with Crippen LogP contribution in [-0.2, 0) is 0 Å². The summed E-state index contributed by atoms with van der Waals surface area (Å²) < 4.78 is 0. The van der Waals surface area contributed by atoms with Crippen molar-refractivity contribution in [2.45, 2.75) is 77.6 Å². The fourth-order valence-electron chi connectivity index (χ4n) is 1.99. The Bertz CT molecular complexity index is 126. The Balaban J connectivity index is 2.88. The number of unbranched alkanes of at least 4 members (excludes halogenated alkanes) is 10. The summed E-state index contributed by atoms with van der Waals surface area (Å²) in [5.41, 5.74) is 0. The number of hydrogen-bond donors (Lipinski definition) is 0. The van der Waals surface area contributed by atoms with Crippen LogP contribution in [-0.4, -0.2) is 12.8 Å². The predicted octanol–water partition coefficient (Wildman–Crippen LogP) is 6.72. The van der Waals surface area contributed by atoms with E-state index in [1.165, 1.54) is 76.8 Å². The molecule has 0 saturated carbocycles. The normalized spacial score (nSPS) is 12.9. The Labute approximate surface area is 112 Å².